The third-order valence-electron chi connectivity index (χ3n) is 6.84. The van der Waals surface area contributed by atoms with E-state index >= 15 is 0 Å². The number of nitrogens with one attached hydrogen (secondary N) is 1. The summed E-state index contributed by atoms with van der Waals surface area (Å²) < 4.78 is 26.7. The van der Waals surface area contributed by atoms with Gasteiger partial charge in [-0.1, -0.05) is 30.3 Å². The summed E-state index contributed by atoms with van der Waals surface area (Å²) in [5, 5.41) is 2.20. The van der Waals surface area contributed by atoms with Gasteiger partial charge < -0.3 is 0 Å². The van der Waals surface area contributed by atoms with Gasteiger partial charge in [0, 0.05) is 49.5 Å². The highest BCUT2D eigenvalue weighted by Crippen LogP contribution is 2.36. The molecule has 0 saturated carbocycles. The highest BCUT2D eigenvalue weighted by Gasteiger charge is 2.45. The van der Waals surface area contributed by atoms with E-state index < -0.39 is 35.6 Å². The first-order chi connectivity index (χ1) is 17.2. The van der Waals surface area contributed by atoms with E-state index in [-0.39, 0.29) is 36.8 Å². The van der Waals surface area contributed by atoms with Gasteiger partial charge >= 0.3 is 0 Å². The second-order valence-electron chi connectivity index (χ2n) is 9.36. The fourth-order valence-corrected chi connectivity index (χ4v) is 5.83. The highest BCUT2D eigenvalue weighted by molar-refractivity contribution is 7.98. The van der Waals surface area contributed by atoms with Gasteiger partial charge in [0.05, 0.1) is 11.1 Å². The Kier molecular flexibility index (Phi) is 6.65. The Morgan fingerprint density at radius 1 is 0.944 bits per heavy atom. The molecule has 5 rings (SSSR count). The Morgan fingerprint density at radius 2 is 1.64 bits per heavy atom. The lowest BCUT2D eigenvalue weighted by Crippen LogP contribution is -2.54. The summed E-state index contributed by atoms with van der Waals surface area (Å²) >= 11 is 1.43. The summed E-state index contributed by atoms with van der Waals surface area (Å²) in [6, 6.07) is 12.0. The van der Waals surface area contributed by atoms with E-state index in [0.717, 1.165) is 16.0 Å². The van der Waals surface area contributed by atoms with Crippen molar-refractivity contribution in [3.8, 4) is 0 Å². The Balaban J connectivity index is 1.24. The Bertz CT molecular complexity index is 1220. The van der Waals surface area contributed by atoms with Gasteiger partial charge in [-0.15, -0.1) is 11.8 Å². The van der Waals surface area contributed by atoms with Crippen molar-refractivity contribution in [2.75, 3.05) is 13.1 Å². The summed E-state index contributed by atoms with van der Waals surface area (Å²) in [4.78, 5) is 53.6. The number of halogens is 2. The third-order valence-corrected chi connectivity index (χ3v) is 7.97. The second-order valence-corrected chi connectivity index (χ2v) is 10.4. The van der Waals surface area contributed by atoms with Crippen LogP contribution in [0.2, 0.25) is 0 Å². The summed E-state index contributed by atoms with van der Waals surface area (Å²) in [6.07, 6.45) is -0.0207. The monoisotopic (exact) mass is 513 g/mol. The molecule has 2 aromatic carbocycles. The Labute approximate surface area is 211 Å². The van der Waals surface area contributed by atoms with E-state index in [4.69, 9.17) is 0 Å². The smallest absolute Gasteiger partial charge is 0.263 e. The van der Waals surface area contributed by atoms with Crippen molar-refractivity contribution in [1.29, 1.82) is 0 Å². The highest BCUT2D eigenvalue weighted by atomic mass is 32.2. The van der Waals surface area contributed by atoms with Crippen LogP contribution >= 0.6 is 11.8 Å². The number of benzene rings is 2. The molecule has 0 aliphatic carbocycles. The lowest BCUT2D eigenvalue weighted by Gasteiger charge is -2.31. The number of amides is 4. The van der Waals surface area contributed by atoms with Gasteiger partial charge in [0.25, 0.3) is 17.7 Å². The molecule has 3 heterocycles. The SMILES string of the molecule is O=C1CCC(N2C(=O)c3cccc(SCc4ccc(CN5CCC(F)(F)CC5)cc4)c3C2=O)C(=O)N1. The van der Waals surface area contributed by atoms with Gasteiger partial charge in [-0.05, 0) is 29.7 Å². The first-order valence-corrected chi connectivity index (χ1v) is 12.9. The number of hydrogen-bond donors (Lipinski definition) is 1. The fraction of sp³-hybridized carbons (Fsp3) is 0.385. The second kappa shape index (κ2) is 9.74. The first-order valence-electron chi connectivity index (χ1n) is 11.9. The van der Waals surface area contributed by atoms with E-state index in [1.54, 1.807) is 18.2 Å². The van der Waals surface area contributed by atoms with E-state index in [1.165, 1.54) is 11.8 Å². The van der Waals surface area contributed by atoms with Crippen LogP contribution in [-0.4, -0.2) is 58.5 Å². The quantitative estimate of drug-likeness (QED) is 0.469. The third kappa shape index (κ3) is 4.92. The molecule has 3 aliphatic heterocycles. The number of carbonyl (C=O) groups is 4. The van der Waals surface area contributed by atoms with Crippen LogP contribution in [-0.2, 0) is 21.9 Å². The zero-order chi connectivity index (χ0) is 25.4. The molecule has 2 fully saturated rings. The van der Waals surface area contributed by atoms with Crippen LogP contribution in [0, 0.1) is 0 Å². The van der Waals surface area contributed by atoms with Crippen LogP contribution < -0.4 is 5.32 Å². The van der Waals surface area contributed by atoms with Crippen molar-refractivity contribution in [3.05, 3.63) is 64.7 Å². The van der Waals surface area contributed by atoms with Crippen molar-refractivity contribution in [3.63, 3.8) is 0 Å². The number of rotatable bonds is 6. The molecule has 1 atom stereocenters. The molecule has 36 heavy (non-hydrogen) atoms. The van der Waals surface area contributed by atoms with E-state index in [2.05, 4.69) is 5.32 Å². The van der Waals surface area contributed by atoms with Crippen LogP contribution in [0.5, 0.6) is 0 Å². The number of hydrogen-bond acceptors (Lipinski definition) is 6. The number of alkyl halides is 2. The van der Waals surface area contributed by atoms with E-state index in [0.29, 0.717) is 30.3 Å². The molecule has 7 nitrogen and oxygen atoms in total. The van der Waals surface area contributed by atoms with Gasteiger partial charge in [0.2, 0.25) is 11.8 Å². The van der Waals surface area contributed by atoms with Crippen molar-refractivity contribution in [2.24, 2.45) is 0 Å². The standard InChI is InChI=1S/C26H25F2N3O4S/c27-26(28)10-12-30(13-11-26)14-16-4-6-17(7-5-16)15-36-20-3-1-2-18-22(20)25(35)31(24(18)34)19-8-9-21(32)29-23(19)33/h1-7,19H,8-15H2,(H,29,32,33). The molecule has 4 amide bonds. The normalized spacial score (nSPS) is 22.1. The molecule has 0 radical (unpaired) electrons. The van der Waals surface area contributed by atoms with E-state index in [1.807, 2.05) is 29.2 Å². The molecule has 10 heteroatoms. The zero-order valence-electron chi connectivity index (χ0n) is 19.5. The van der Waals surface area contributed by atoms with Crippen LogP contribution in [0.4, 0.5) is 8.78 Å². The lowest BCUT2D eigenvalue weighted by atomic mass is 10.0. The average Bonchev–Trinajstić information content (AvgIpc) is 3.10. The van der Waals surface area contributed by atoms with Crippen LogP contribution in [0.3, 0.4) is 0 Å². The minimum Gasteiger partial charge on any atom is -0.299 e. The molecule has 2 aromatic rings. The number of fused-ring (bicyclic) bond motifs is 1. The molecule has 0 bridgehead atoms. The summed E-state index contributed by atoms with van der Waals surface area (Å²) in [6.45, 7) is 1.39. The maximum atomic E-state index is 13.4. The summed E-state index contributed by atoms with van der Waals surface area (Å²) in [5.74, 6) is -4.07. The minimum absolute atomic E-state index is 0.0751. The van der Waals surface area contributed by atoms with Gasteiger partial charge in [-0.2, -0.15) is 0 Å². The lowest BCUT2D eigenvalue weighted by molar-refractivity contribution is -0.136. The molecule has 1 N–H and O–H groups in total. The maximum Gasteiger partial charge on any atom is 0.263 e. The Morgan fingerprint density at radius 3 is 2.33 bits per heavy atom. The average molecular weight is 514 g/mol. The topological polar surface area (TPSA) is 86.8 Å². The summed E-state index contributed by atoms with van der Waals surface area (Å²) in [7, 11) is 0. The van der Waals surface area contributed by atoms with Gasteiger partial charge in [-0.3, -0.25) is 34.3 Å². The fourth-order valence-electron chi connectivity index (χ4n) is 4.80. The van der Waals surface area contributed by atoms with Crippen LogP contribution in [0.1, 0.15) is 57.5 Å². The number of piperidine rings is 2. The van der Waals surface area contributed by atoms with Gasteiger partial charge in [-0.25, -0.2) is 8.78 Å². The number of imide groups is 2. The van der Waals surface area contributed by atoms with Gasteiger partial charge in [0.15, 0.2) is 0 Å². The van der Waals surface area contributed by atoms with E-state index in [9.17, 15) is 28.0 Å². The molecule has 188 valence electrons. The van der Waals surface area contributed by atoms with Gasteiger partial charge in [0.1, 0.15) is 6.04 Å². The molecule has 2 saturated heterocycles. The number of carbonyl (C=O) groups excluding carboxylic acids is 4. The maximum absolute atomic E-state index is 13.4. The molecule has 0 aromatic heterocycles. The molecule has 0 spiro atoms. The predicted molar refractivity (Wildman–Crippen MR) is 129 cm³/mol. The van der Waals surface area contributed by atoms with Crippen molar-refractivity contribution in [1.82, 2.24) is 15.1 Å². The molecular weight excluding hydrogens is 488 g/mol. The number of nitrogens with zero attached hydrogens (tertiary/aromatic N) is 2. The van der Waals surface area contributed by atoms with Crippen LogP contribution in [0.25, 0.3) is 0 Å². The number of likely N-dealkylation sites (tertiary alicyclic amines) is 1. The van der Waals surface area contributed by atoms with Crippen molar-refractivity contribution in [2.45, 2.75) is 54.8 Å². The molecular formula is C26H25F2N3O4S. The zero-order valence-corrected chi connectivity index (χ0v) is 20.3. The number of thioether (sulfide) groups is 1. The first kappa shape index (κ1) is 24.6. The predicted octanol–water partition coefficient (Wildman–Crippen LogP) is 3.61. The van der Waals surface area contributed by atoms with Crippen molar-refractivity contribution >= 4 is 35.4 Å². The molecule has 1 unspecified atom stereocenters. The van der Waals surface area contributed by atoms with Crippen LogP contribution in [0.15, 0.2) is 47.4 Å². The minimum atomic E-state index is -2.56. The van der Waals surface area contributed by atoms with Crippen molar-refractivity contribution < 1.29 is 28.0 Å². The molecule has 3 aliphatic rings. The summed E-state index contributed by atoms with van der Waals surface area (Å²) in [5.41, 5.74) is 2.62. The Hall–Kier alpha value is -3.11. The largest absolute Gasteiger partial charge is 0.299 e.